The molecule has 0 amide bonds. The zero-order valence-electron chi connectivity index (χ0n) is 16.2. The highest BCUT2D eigenvalue weighted by Crippen LogP contribution is 2.24. The molecule has 5 nitrogen and oxygen atoms in total. The number of ketones is 1. The van der Waals surface area contributed by atoms with Crippen molar-refractivity contribution in [1.29, 1.82) is 0 Å². The monoisotopic (exact) mass is 380 g/mol. The van der Waals surface area contributed by atoms with Gasteiger partial charge in [-0.15, -0.1) is 16.8 Å². The lowest BCUT2D eigenvalue weighted by Crippen LogP contribution is -2.07. The van der Waals surface area contributed by atoms with Gasteiger partial charge in [-0.2, -0.15) is 0 Å². The zero-order chi connectivity index (χ0) is 19.6. The standard InChI is InChI=1S/C21H24N4OS/c1-6-10-24-17(5)22-23-21(24)27-13-20(26)19-12-15(3)25(16(19)4)18-9-7-8-14(2)11-18/h6-9,11-12H,1,10,13H2,2-5H3. The van der Waals surface area contributed by atoms with E-state index in [1.807, 2.05) is 37.5 Å². The van der Waals surface area contributed by atoms with Crippen molar-refractivity contribution in [3.63, 3.8) is 0 Å². The van der Waals surface area contributed by atoms with E-state index in [4.69, 9.17) is 0 Å². The summed E-state index contributed by atoms with van der Waals surface area (Å²) >= 11 is 1.42. The minimum Gasteiger partial charge on any atom is -0.318 e. The molecule has 6 heteroatoms. The lowest BCUT2D eigenvalue weighted by atomic mass is 10.2. The molecule has 3 aromatic rings. The van der Waals surface area contributed by atoms with E-state index in [9.17, 15) is 4.79 Å². The fourth-order valence-corrected chi connectivity index (χ4v) is 4.10. The summed E-state index contributed by atoms with van der Waals surface area (Å²) in [5.74, 6) is 1.24. The number of benzene rings is 1. The van der Waals surface area contributed by atoms with E-state index in [0.717, 1.165) is 33.6 Å². The number of carbonyl (C=O) groups is 1. The molecule has 0 aliphatic carbocycles. The predicted molar refractivity (Wildman–Crippen MR) is 110 cm³/mol. The van der Waals surface area contributed by atoms with Crippen molar-refractivity contribution in [2.75, 3.05) is 5.75 Å². The Kier molecular flexibility index (Phi) is 5.65. The summed E-state index contributed by atoms with van der Waals surface area (Å²) in [5.41, 5.74) is 5.05. The van der Waals surface area contributed by atoms with Crippen LogP contribution >= 0.6 is 11.8 Å². The number of thioether (sulfide) groups is 1. The maximum atomic E-state index is 12.9. The van der Waals surface area contributed by atoms with Gasteiger partial charge in [-0.1, -0.05) is 30.0 Å². The summed E-state index contributed by atoms with van der Waals surface area (Å²) in [4.78, 5) is 12.9. The molecule has 0 saturated heterocycles. The van der Waals surface area contributed by atoms with Crippen LogP contribution in [0.15, 0.2) is 48.1 Å². The number of nitrogens with zero attached hydrogens (tertiary/aromatic N) is 4. The molecule has 0 N–H and O–H groups in total. The third-order valence-corrected chi connectivity index (χ3v) is 5.50. The lowest BCUT2D eigenvalue weighted by Gasteiger charge is -2.10. The molecule has 0 bridgehead atoms. The van der Waals surface area contributed by atoms with Gasteiger partial charge in [0.25, 0.3) is 0 Å². The Labute approximate surface area is 164 Å². The molecule has 0 saturated carbocycles. The molecule has 0 radical (unpaired) electrons. The van der Waals surface area contributed by atoms with E-state index in [-0.39, 0.29) is 5.78 Å². The van der Waals surface area contributed by atoms with Crippen LogP contribution in [0.1, 0.15) is 33.1 Å². The maximum Gasteiger partial charge on any atom is 0.191 e. The molecule has 27 heavy (non-hydrogen) atoms. The highest BCUT2D eigenvalue weighted by molar-refractivity contribution is 7.99. The van der Waals surface area contributed by atoms with Crippen LogP contribution in [0.5, 0.6) is 0 Å². The fraction of sp³-hybridized carbons (Fsp3) is 0.286. The van der Waals surface area contributed by atoms with Gasteiger partial charge in [-0.05, 0) is 51.5 Å². The first-order valence-electron chi connectivity index (χ1n) is 8.85. The summed E-state index contributed by atoms with van der Waals surface area (Å²) in [6, 6.07) is 10.3. The average Bonchev–Trinajstić information content (AvgIpc) is 3.13. The summed E-state index contributed by atoms with van der Waals surface area (Å²) in [5, 5.41) is 9.02. The lowest BCUT2D eigenvalue weighted by molar-refractivity contribution is 0.102. The number of aryl methyl sites for hydroxylation is 3. The summed E-state index contributed by atoms with van der Waals surface area (Å²) in [7, 11) is 0. The van der Waals surface area contributed by atoms with E-state index < -0.39 is 0 Å². The second-order valence-electron chi connectivity index (χ2n) is 6.60. The summed E-state index contributed by atoms with van der Waals surface area (Å²) < 4.78 is 4.09. The van der Waals surface area contributed by atoms with Gasteiger partial charge in [0.05, 0.1) is 5.75 Å². The van der Waals surface area contributed by atoms with Gasteiger partial charge < -0.3 is 9.13 Å². The van der Waals surface area contributed by atoms with Gasteiger partial charge in [0, 0.05) is 29.2 Å². The Morgan fingerprint density at radius 2 is 1.96 bits per heavy atom. The molecule has 0 unspecified atom stereocenters. The Hall–Kier alpha value is -2.60. The van der Waals surface area contributed by atoms with Crippen LogP contribution in [0.4, 0.5) is 0 Å². The number of allylic oxidation sites excluding steroid dienone is 1. The number of Topliss-reactive ketones (excluding diaryl/α,β-unsaturated/α-hetero) is 1. The van der Waals surface area contributed by atoms with Crippen LogP contribution in [-0.4, -0.2) is 30.9 Å². The van der Waals surface area contributed by atoms with E-state index in [2.05, 4.69) is 46.5 Å². The van der Waals surface area contributed by atoms with Gasteiger partial charge in [-0.3, -0.25) is 4.79 Å². The van der Waals surface area contributed by atoms with Crippen molar-refractivity contribution in [3.8, 4) is 5.69 Å². The number of hydrogen-bond donors (Lipinski definition) is 0. The van der Waals surface area contributed by atoms with E-state index >= 15 is 0 Å². The second-order valence-corrected chi connectivity index (χ2v) is 7.54. The third-order valence-electron chi connectivity index (χ3n) is 4.54. The highest BCUT2D eigenvalue weighted by Gasteiger charge is 2.18. The third kappa shape index (κ3) is 3.90. The number of hydrogen-bond acceptors (Lipinski definition) is 4. The van der Waals surface area contributed by atoms with Crippen molar-refractivity contribution in [2.45, 2.75) is 39.4 Å². The SMILES string of the molecule is C=CCn1c(C)nnc1SCC(=O)c1cc(C)n(-c2cccc(C)c2)c1C. The van der Waals surface area contributed by atoms with Crippen LogP contribution in [0.3, 0.4) is 0 Å². The molecule has 0 aliphatic heterocycles. The molecular weight excluding hydrogens is 356 g/mol. The fourth-order valence-electron chi connectivity index (χ4n) is 3.22. The largest absolute Gasteiger partial charge is 0.318 e. The van der Waals surface area contributed by atoms with Gasteiger partial charge in [0.15, 0.2) is 10.9 Å². The molecular formula is C21H24N4OS. The van der Waals surface area contributed by atoms with Crippen LogP contribution in [-0.2, 0) is 6.54 Å². The molecule has 2 aromatic heterocycles. The first-order chi connectivity index (χ1) is 12.9. The summed E-state index contributed by atoms with van der Waals surface area (Å²) in [6.45, 7) is 12.4. The smallest absolute Gasteiger partial charge is 0.191 e. The van der Waals surface area contributed by atoms with Crippen LogP contribution in [0, 0.1) is 27.7 Å². The molecule has 2 heterocycles. The van der Waals surface area contributed by atoms with E-state index in [1.54, 1.807) is 6.08 Å². The summed E-state index contributed by atoms with van der Waals surface area (Å²) in [6.07, 6.45) is 1.80. The molecule has 0 fully saturated rings. The Morgan fingerprint density at radius 1 is 1.19 bits per heavy atom. The Bertz CT molecular complexity index is 1000. The zero-order valence-corrected chi connectivity index (χ0v) is 17.0. The normalized spacial score (nSPS) is 11.0. The average molecular weight is 381 g/mol. The van der Waals surface area contributed by atoms with Crippen molar-refractivity contribution in [3.05, 3.63) is 71.3 Å². The number of carbonyl (C=O) groups excluding carboxylic acids is 1. The topological polar surface area (TPSA) is 52.7 Å². The van der Waals surface area contributed by atoms with Crippen molar-refractivity contribution >= 4 is 17.5 Å². The molecule has 3 rings (SSSR count). The van der Waals surface area contributed by atoms with Crippen LogP contribution in [0.25, 0.3) is 5.69 Å². The quantitative estimate of drug-likeness (QED) is 0.345. The van der Waals surface area contributed by atoms with Crippen molar-refractivity contribution in [1.82, 2.24) is 19.3 Å². The molecule has 0 spiro atoms. The Balaban J connectivity index is 1.82. The van der Waals surface area contributed by atoms with E-state index in [1.165, 1.54) is 17.3 Å². The van der Waals surface area contributed by atoms with Gasteiger partial charge >= 0.3 is 0 Å². The van der Waals surface area contributed by atoms with Gasteiger partial charge in [0.2, 0.25) is 0 Å². The van der Waals surface area contributed by atoms with Crippen LogP contribution in [0.2, 0.25) is 0 Å². The first-order valence-corrected chi connectivity index (χ1v) is 9.83. The van der Waals surface area contributed by atoms with Crippen LogP contribution < -0.4 is 0 Å². The molecule has 140 valence electrons. The maximum absolute atomic E-state index is 12.9. The predicted octanol–water partition coefficient (Wildman–Crippen LogP) is 4.46. The molecule has 1 aromatic carbocycles. The minimum atomic E-state index is 0.0952. The van der Waals surface area contributed by atoms with Gasteiger partial charge in [-0.25, -0.2) is 0 Å². The minimum absolute atomic E-state index is 0.0952. The van der Waals surface area contributed by atoms with E-state index in [0.29, 0.717) is 12.3 Å². The molecule has 0 aliphatic rings. The number of aromatic nitrogens is 4. The Morgan fingerprint density at radius 3 is 2.67 bits per heavy atom. The highest BCUT2D eigenvalue weighted by atomic mass is 32.2. The number of rotatable bonds is 7. The first kappa shape index (κ1) is 19.2. The van der Waals surface area contributed by atoms with Crippen molar-refractivity contribution in [2.24, 2.45) is 0 Å². The van der Waals surface area contributed by atoms with Crippen molar-refractivity contribution < 1.29 is 4.79 Å². The second kappa shape index (κ2) is 7.96. The van der Waals surface area contributed by atoms with Gasteiger partial charge in [0.1, 0.15) is 5.82 Å². The molecule has 0 atom stereocenters.